The topological polar surface area (TPSA) is 72.2 Å². The lowest BCUT2D eigenvalue weighted by Crippen LogP contribution is -2.14. The summed E-state index contributed by atoms with van der Waals surface area (Å²) in [4.78, 5) is 2.63. The summed E-state index contributed by atoms with van der Waals surface area (Å²) in [7, 11) is -3.47. The van der Waals surface area contributed by atoms with Gasteiger partial charge >= 0.3 is 0 Å². The molecule has 0 bridgehead atoms. The van der Waals surface area contributed by atoms with Crippen molar-refractivity contribution < 1.29 is 8.42 Å². The average molecular weight is 310 g/mol. The summed E-state index contributed by atoms with van der Waals surface area (Å²) in [5.74, 6) is -0.129. The summed E-state index contributed by atoms with van der Waals surface area (Å²) in [6.45, 7) is 4.98. The van der Waals surface area contributed by atoms with Crippen molar-refractivity contribution in [2.75, 3.05) is 5.32 Å². The van der Waals surface area contributed by atoms with Gasteiger partial charge in [0.2, 0.25) is 10.0 Å². The van der Waals surface area contributed by atoms with Gasteiger partial charge in [-0.2, -0.15) is 0 Å². The number of rotatable bonds is 5. The SMILES string of the molecule is Cc1cc(CNc2ccc(CS(N)(=O)=O)cc2)c(C)s1. The molecule has 0 atom stereocenters. The lowest BCUT2D eigenvalue weighted by Gasteiger charge is -2.07. The predicted octanol–water partition coefficient (Wildman–Crippen LogP) is 2.77. The molecule has 2 rings (SSSR count). The Labute approximate surface area is 123 Å². The van der Waals surface area contributed by atoms with E-state index in [0.29, 0.717) is 5.56 Å². The number of nitrogens with one attached hydrogen (secondary N) is 1. The molecular weight excluding hydrogens is 292 g/mol. The summed E-state index contributed by atoms with van der Waals surface area (Å²) in [5, 5.41) is 8.35. The Morgan fingerprint density at radius 3 is 2.35 bits per heavy atom. The van der Waals surface area contributed by atoms with E-state index in [4.69, 9.17) is 5.14 Å². The zero-order valence-corrected chi connectivity index (χ0v) is 13.1. The van der Waals surface area contributed by atoms with Crippen LogP contribution in [0.2, 0.25) is 0 Å². The van der Waals surface area contributed by atoms with Crippen LogP contribution in [-0.2, 0) is 22.3 Å². The normalized spacial score (nSPS) is 11.6. The van der Waals surface area contributed by atoms with Gasteiger partial charge < -0.3 is 5.32 Å². The zero-order valence-electron chi connectivity index (χ0n) is 11.5. The molecule has 1 aromatic heterocycles. The maximum atomic E-state index is 11.0. The first-order chi connectivity index (χ1) is 9.33. The summed E-state index contributed by atoms with van der Waals surface area (Å²) in [5.41, 5.74) is 2.95. The van der Waals surface area contributed by atoms with Crippen molar-refractivity contribution in [2.24, 2.45) is 5.14 Å². The van der Waals surface area contributed by atoms with Crippen LogP contribution < -0.4 is 10.5 Å². The van der Waals surface area contributed by atoms with Gasteiger partial charge in [0, 0.05) is 22.0 Å². The molecule has 0 unspecified atom stereocenters. The fraction of sp³-hybridized carbons (Fsp3) is 0.286. The number of hydrogen-bond donors (Lipinski definition) is 2. The standard InChI is InChI=1S/C14H18N2O2S2/c1-10-7-13(11(2)19-10)8-16-14-5-3-12(4-6-14)9-20(15,17)18/h3-7,16H,8-9H2,1-2H3,(H2,15,17,18). The van der Waals surface area contributed by atoms with Gasteiger partial charge in [0.1, 0.15) is 0 Å². The molecule has 1 aromatic carbocycles. The molecule has 0 aliphatic rings. The summed E-state index contributed by atoms with van der Waals surface area (Å²) in [6, 6.07) is 9.48. The van der Waals surface area contributed by atoms with Crippen LogP contribution in [0.4, 0.5) is 5.69 Å². The van der Waals surface area contributed by atoms with E-state index in [2.05, 4.69) is 25.2 Å². The lowest BCUT2D eigenvalue weighted by molar-refractivity contribution is 0.597. The van der Waals surface area contributed by atoms with Crippen LogP contribution in [0.5, 0.6) is 0 Å². The van der Waals surface area contributed by atoms with E-state index < -0.39 is 10.0 Å². The summed E-state index contributed by atoms with van der Waals surface area (Å²) >= 11 is 1.79. The van der Waals surface area contributed by atoms with Gasteiger partial charge in [-0.15, -0.1) is 11.3 Å². The molecule has 3 N–H and O–H groups in total. The number of thiophene rings is 1. The highest BCUT2D eigenvalue weighted by Crippen LogP contribution is 2.21. The van der Waals surface area contributed by atoms with Crippen LogP contribution in [-0.4, -0.2) is 8.42 Å². The van der Waals surface area contributed by atoms with Gasteiger partial charge in [0.05, 0.1) is 5.75 Å². The van der Waals surface area contributed by atoms with Crippen LogP contribution in [0.15, 0.2) is 30.3 Å². The van der Waals surface area contributed by atoms with Crippen molar-refractivity contribution in [3.8, 4) is 0 Å². The van der Waals surface area contributed by atoms with Crippen LogP contribution >= 0.6 is 11.3 Å². The molecule has 0 fully saturated rings. The Bertz CT molecular complexity index is 688. The zero-order chi connectivity index (χ0) is 14.8. The lowest BCUT2D eigenvalue weighted by atomic mass is 10.2. The van der Waals surface area contributed by atoms with E-state index in [1.54, 1.807) is 23.5 Å². The van der Waals surface area contributed by atoms with Crippen molar-refractivity contribution in [3.05, 3.63) is 51.2 Å². The molecule has 2 aromatic rings. The molecule has 0 saturated carbocycles. The van der Waals surface area contributed by atoms with Crippen molar-refractivity contribution in [1.29, 1.82) is 0 Å². The molecule has 0 aliphatic heterocycles. The van der Waals surface area contributed by atoms with Crippen molar-refractivity contribution in [2.45, 2.75) is 26.1 Å². The van der Waals surface area contributed by atoms with Crippen molar-refractivity contribution >= 4 is 27.0 Å². The van der Waals surface area contributed by atoms with E-state index in [0.717, 1.165) is 12.2 Å². The number of nitrogens with two attached hydrogens (primary N) is 1. The number of benzene rings is 1. The third kappa shape index (κ3) is 4.33. The third-order valence-corrected chi connectivity index (χ3v) is 4.69. The van der Waals surface area contributed by atoms with E-state index in [9.17, 15) is 8.42 Å². The molecule has 0 radical (unpaired) electrons. The van der Waals surface area contributed by atoms with Crippen LogP contribution in [0.3, 0.4) is 0 Å². The molecular formula is C14H18N2O2S2. The first-order valence-electron chi connectivity index (χ1n) is 6.23. The van der Waals surface area contributed by atoms with Crippen LogP contribution in [0.25, 0.3) is 0 Å². The first-order valence-corrected chi connectivity index (χ1v) is 8.76. The number of aryl methyl sites for hydroxylation is 2. The predicted molar refractivity (Wildman–Crippen MR) is 84.4 cm³/mol. The Hall–Kier alpha value is -1.37. The molecule has 0 saturated heterocycles. The molecule has 20 heavy (non-hydrogen) atoms. The third-order valence-electron chi connectivity index (χ3n) is 2.95. The number of hydrogen-bond acceptors (Lipinski definition) is 4. The van der Waals surface area contributed by atoms with Crippen molar-refractivity contribution in [3.63, 3.8) is 0 Å². The van der Waals surface area contributed by atoms with Gasteiger partial charge in [0.15, 0.2) is 0 Å². The molecule has 4 nitrogen and oxygen atoms in total. The number of anilines is 1. The largest absolute Gasteiger partial charge is 0.381 e. The average Bonchev–Trinajstić information content (AvgIpc) is 2.65. The Balaban J connectivity index is 1.99. The molecule has 108 valence electrons. The maximum Gasteiger partial charge on any atom is 0.213 e. The Morgan fingerprint density at radius 1 is 1.20 bits per heavy atom. The molecule has 0 aliphatic carbocycles. The summed E-state index contributed by atoms with van der Waals surface area (Å²) in [6.07, 6.45) is 0. The molecule has 0 amide bonds. The van der Waals surface area contributed by atoms with E-state index >= 15 is 0 Å². The number of sulfonamides is 1. The van der Waals surface area contributed by atoms with E-state index in [1.165, 1.54) is 15.3 Å². The highest BCUT2D eigenvalue weighted by Gasteiger charge is 2.05. The van der Waals surface area contributed by atoms with E-state index in [-0.39, 0.29) is 5.75 Å². The Morgan fingerprint density at radius 2 is 1.85 bits per heavy atom. The summed E-state index contributed by atoms with van der Waals surface area (Å²) < 4.78 is 22.0. The minimum Gasteiger partial charge on any atom is -0.381 e. The number of primary sulfonamides is 1. The fourth-order valence-electron chi connectivity index (χ4n) is 2.01. The van der Waals surface area contributed by atoms with E-state index in [1.807, 2.05) is 12.1 Å². The van der Waals surface area contributed by atoms with Crippen LogP contribution in [0, 0.1) is 13.8 Å². The highest BCUT2D eigenvalue weighted by atomic mass is 32.2. The molecule has 6 heteroatoms. The highest BCUT2D eigenvalue weighted by molar-refractivity contribution is 7.88. The fourth-order valence-corrected chi connectivity index (χ4v) is 3.61. The molecule has 0 spiro atoms. The second-order valence-electron chi connectivity index (χ2n) is 4.80. The minimum atomic E-state index is -3.47. The smallest absolute Gasteiger partial charge is 0.213 e. The van der Waals surface area contributed by atoms with Gasteiger partial charge in [0.25, 0.3) is 0 Å². The monoisotopic (exact) mass is 310 g/mol. The van der Waals surface area contributed by atoms with Gasteiger partial charge in [-0.1, -0.05) is 12.1 Å². The second-order valence-corrected chi connectivity index (χ2v) is 7.87. The maximum absolute atomic E-state index is 11.0. The quantitative estimate of drug-likeness (QED) is 0.892. The first kappa shape index (κ1) is 15.0. The van der Waals surface area contributed by atoms with Gasteiger partial charge in [-0.05, 0) is 43.2 Å². The Kier molecular flexibility index (Phi) is 4.47. The van der Waals surface area contributed by atoms with Crippen LogP contribution in [0.1, 0.15) is 20.9 Å². The van der Waals surface area contributed by atoms with Gasteiger partial charge in [-0.3, -0.25) is 0 Å². The second kappa shape index (κ2) is 5.95. The minimum absolute atomic E-state index is 0.129. The van der Waals surface area contributed by atoms with Gasteiger partial charge in [-0.25, -0.2) is 13.6 Å². The van der Waals surface area contributed by atoms with Crippen molar-refractivity contribution in [1.82, 2.24) is 0 Å². The molecule has 1 heterocycles.